The van der Waals surface area contributed by atoms with Gasteiger partial charge < -0.3 is 10.8 Å². The van der Waals surface area contributed by atoms with E-state index in [4.69, 9.17) is 10.8 Å². The molecule has 1 saturated carbocycles. The van der Waals surface area contributed by atoms with Crippen LogP contribution in [0.2, 0.25) is 0 Å². The van der Waals surface area contributed by atoms with E-state index < -0.39 is 17.0 Å². The number of nitrogens with two attached hydrogens (primary N) is 1. The average Bonchev–Trinajstić information content (AvgIpc) is 2.97. The molecule has 1 aromatic carbocycles. The van der Waals surface area contributed by atoms with Gasteiger partial charge in [-0.25, -0.2) is 8.78 Å². The number of benzene rings is 1. The van der Waals surface area contributed by atoms with Crippen LogP contribution in [-0.4, -0.2) is 18.3 Å². The van der Waals surface area contributed by atoms with Gasteiger partial charge in [0.15, 0.2) is 11.6 Å². The zero-order chi connectivity index (χ0) is 11.1. The maximum absolute atomic E-state index is 13.4. The molecule has 0 heterocycles. The van der Waals surface area contributed by atoms with E-state index in [1.54, 1.807) is 6.07 Å². The van der Waals surface area contributed by atoms with E-state index >= 15 is 0 Å². The van der Waals surface area contributed by atoms with Crippen molar-refractivity contribution in [1.29, 1.82) is 0 Å². The van der Waals surface area contributed by atoms with Crippen LogP contribution in [0.4, 0.5) is 8.78 Å². The number of halogens is 2. The Balaban J connectivity index is 2.30. The van der Waals surface area contributed by atoms with Crippen molar-refractivity contribution in [2.75, 3.05) is 13.2 Å². The molecule has 4 heteroatoms. The summed E-state index contributed by atoms with van der Waals surface area (Å²) < 4.78 is 26.4. The van der Waals surface area contributed by atoms with Crippen LogP contribution in [0.1, 0.15) is 17.9 Å². The molecule has 1 aliphatic carbocycles. The van der Waals surface area contributed by atoms with Gasteiger partial charge in [-0.1, -0.05) is 12.1 Å². The van der Waals surface area contributed by atoms with Crippen LogP contribution in [0.15, 0.2) is 18.2 Å². The van der Waals surface area contributed by atoms with Gasteiger partial charge in [0.25, 0.3) is 0 Å². The second-order valence-corrected chi connectivity index (χ2v) is 4.12. The van der Waals surface area contributed by atoms with Crippen LogP contribution in [0, 0.1) is 17.0 Å². The maximum Gasteiger partial charge on any atom is 0.162 e. The second-order valence-electron chi connectivity index (χ2n) is 4.12. The highest BCUT2D eigenvalue weighted by Gasteiger charge is 2.54. The molecular formula is C11H13F2NO. The third kappa shape index (κ3) is 1.54. The first kappa shape index (κ1) is 10.5. The van der Waals surface area contributed by atoms with Crippen LogP contribution in [0.25, 0.3) is 0 Å². The highest BCUT2D eigenvalue weighted by molar-refractivity contribution is 5.32. The molecule has 2 unspecified atom stereocenters. The molecule has 2 atom stereocenters. The summed E-state index contributed by atoms with van der Waals surface area (Å²) in [6.45, 7) is 0.217. The van der Waals surface area contributed by atoms with E-state index in [-0.39, 0.29) is 12.5 Å². The van der Waals surface area contributed by atoms with Gasteiger partial charge in [0.2, 0.25) is 0 Å². The van der Waals surface area contributed by atoms with Gasteiger partial charge >= 0.3 is 0 Å². The molecule has 1 aromatic rings. The summed E-state index contributed by atoms with van der Waals surface area (Å²) in [6, 6.07) is 4.12. The molecular weight excluding hydrogens is 200 g/mol. The lowest BCUT2D eigenvalue weighted by Gasteiger charge is -2.11. The van der Waals surface area contributed by atoms with E-state index in [2.05, 4.69) is 0 Å². The number of aliphatic hydroxyl groups excluding tert-OH is 1. The lowest BCUT2D eigenvalue weighted by Crippen LogP contribution is -2.21. The van der Waals surface area contributed by atoms with Crippen LogP contribution in [0.5, 0.6) is 0 Å². The van der Waals surface area contributed by atoms with Crippen molar-refractivity contribution in [3.8, 4) is 0 Å². The molecule has 0 bridgehead atoms. The number of rotatable bonds is 3. The number of hydrogen-bond donors (Lipinski definition) is 2. The van der Waals surface area contributed by atoms with Crippen molar-refractivity contribution in [1.82, 2.24) is 0 Å². The third-order valence-electron chi connectivity index (χ3n) is 3.27. The molecule has 82 valence electrons. The van der Waals surface area contributed by atoms with Crippen molar-refractivity contribution >= 4 is 0 Å². The monoisotopic (exact) mass is 213 g/mol. The van der Waals surface area contributed by atoms with Crippen LogP contribution < -0.4 is 5.73 Å². The Morgan fingerprint density at radius 3 is 2.73 bits per heavy atom. The first-order chi connectivity index (χ1) is 7.14. The van der Waals surface area contributed by atoms with Crippen molar-refractivity contribution in [2.45, 2.75) is 12.3 Å². The van der Waals surface area contributed by atoms with E-state index in [1.165, 1.54) is 6.07 Å². The van der Waals surface area contributed by atoms with E-state index in [1.807, 2.05) is 0 Å². The van der Waals surface area contributed by atoms with Crippen LogP contribution in [-0.2, 0) is 0 Å². The SMILES string of the molecule is NCC1(CO)CC1c1cccc(F)c1F. The molecule has 0 saturated heterocycles. The molecule has 0 aliphatic heterocycles. The normalized spacial score (nSPS) is 29.2. The lowest BCUT2D eigenvalue weighted by atomic mass is 9.99. The molecule has 2 nitrogen and oxygen atoms in total. The summed E-state index contributed by atoms with van der Waals surface area (Å²) >= 11 is 0. The number of hydrogen-bond acceptors (Lipinski definition) is 2. The minimum atomic E-state index is -0.844. The van der Waals surface area contributed by atoms with Gasteiger partial charge in [0.05, 0.1) is 6.61 Å². The molecule has 3 N–H and O–H groups in total. The van der Waals surface area contributed by atoms with Crippen molar-refractivity contribution in [3.63, 3.8) is 0 Å². The fourth-order valence-corrected chi connectivity index (χ4v) is 2.04. The molecule has 1 fully saturated rings. The largest absolute Gasteiger partial charge is 0.396 e. The standard InChI is InChI=1S/C11H13F2NO/c12-9-3-1-2-7(10(9)13)8-4-11(8,5-14)6-15/h1-3,8,15H,4-6,14H2. The zero-order valence-corrected chi connectivity index (χ0v) is 8.21. The molecule has 0 spiro atoms. The van der Waals surface area contributed by atoms with Gasteiger partial charge in [-0.2, -0.15) is 0 Å². The molecule has 0 radical (unpaired) electrons. The summed E-state index contributed by atoms with van der Waals surface area (Å²) in [4.78, 5) is 0. The topological polar surface area (TPSA) is 46.2 Å². The Morgan fingerprint density at radius 1 is 1.47 bits per heavy atom. The van der Waals surface area contributed by atoms with Crippen molar-refractivity contribution < 1.29 is 13.9 Å². The summed E-state index contributed by atoms with van der Waals surface area (Å²) in [6.07, 6.45) is 0.625. The average molecular weight is 213 g/mol. The summed E-state index contributed by atoms with van der Waals surface area (Å²) in [7, 11) is 0. The summed E-state index contributed by atoms with van der Waals surface area (Å²) in [5.74, 6) is -1.81. The van der Waals surface area contributed by atoms with Crippen molar-refractivity contribution in [3.05, 3.63) is 35.4 Å². The summed E-state index contributed by atoms with van der Waals surface area (Å²) in [5, 5.41) is 9.15. The first-order valence-electron chi connectivity index (χ1n) is 4.89. The highest BCUT2D eigenvalue weighted by atomic mass is 19.2. The Morgan fingerprint density at radius 2 is 2.20 bits per heavy atom. The fraction of sp³-hybridized carbons (Fsp3) is 0.455. The Kier molecular flexibility index (Phi) is 2.48. The minimum Gasteiger partial charge on any atom is -0.396 e. The van der Waals surface area contributed by atoms with E-state index in [0.29, 0.717) is 18.5 Å². The Labute approximate surface area is 86.7 Å². The molecule has 0 amide bonds. The van der Waals surface area contributed by atoms with Gasteiger partial charge in [-0.3, -0.25) is 0 Å². The Hall–Kier alpha value is -1.00. The van der Waals surface area contributed by atoms with Gasteiger partial charge in [0, 0.05) is 12.0 Å². The van der Waals surface area contributed by atoms with Crippen LogP contribution >= 0.6 is 0 Å². The van der Waals surface area contributed by atoms with Crippen LogP contribution in [0.3, 0.4) is 0 Å². The molecule has 2 rings (SSSR count). The first-order valence-corrected chi connectivity index (χ1v) is 4.89. The predicted octanol–water partition coefficient (Wildman–Crippen LogP) is 1.39. The predicted molar refractivity (Wildman–Crippen MR) is 52.3 cm³/mol. The highest BCUT2D eigenvalue weighted by Crippen LogP contribution is 2.58. The Bertz CT molecular complexity index is 377. The zero-order valence-electron chi connectivity index (χ0n) is 8.21. The fourth-order valence-electron chi connectivity index (χ4n) is 2.04. The maximum atomic E-state index is 13.4. The molecule has 0 aromatic heterocycles. The minimum absolute atomic E-state index is 0.0792. The van der Waals surface area contributed by atoms with E-state index in [9.17, 15) is 8.78 Å². The summed E-state index contributed by atoms with van der Waals surface area (Å²) in [5.41, 5.74) is 5.41. The van der Waals surface area contributed by atoms with E-state index in [0.717, 1.165) is 6.07 Å². The quantitative estimate of drug-likeness (QED) is 0.797. The van der Waals surface area contributed by atoms with Gasteiger partial charge in [-0.05, 0) is 24.0 Å². The number of aliphatic hydroxyl groups is 1. The lowest BCUT2D eigenvalue weighted by molar-refractivity contribution is 0.211. The van der Waals surface area contributed by atoms with Gasteiger partial charge in [0.1, 0.15) is 0 Å². The molecule has 1 aliphatic rings. The second kappa shape index (κ2) is 3.54. The molecule has 15 heavy (non-hydrogen) atoms. The van der Waals surface area contributed by atoms with Crippen molar-refractivity contribution in [2.24, 2.45) is 11.1 Å². The smallest absolute Gasteiger partial charge is 0.162 e. The third-order valence-corrected chi connectivity index (χ3v) is 3.27. The van der Waals surface area contributed by atoms with Gasteiger partial charge in [-0.15, -0.1) is 0 Å².